The minimum atomic E-state index is -0.236. The molecule has 0 unspecified atom stereocenters. The molecular weight excluding hydrogens is 431 g/mol. The number of benzene rings is 1. The SMILES string of the molecule is Cc1cc(-c2ncccc2-c2cc[n+]3c(C(=O)NCCC[n+]4cc[nH]c4)[nH]cc3c2)ccc1F. The number of aromatic amines is 2. The summed E-state index contributed by atoms with van der Waals surface area (Å²) >= 11 is 0. The molecule has 5 rings (SSSR count). The van der Waals surface area contributed by atoms with Gasteiger partial charge in [0.2, 0.25) is 6.33 Å². The number of imidazole rings is 2. The van der Waals surface area contributed by atoms with E-state index in [1.807, 2.05) is 70.4 Å². The number of hydrogen-bond acceptors (Lipinski definition) is 2. The van der Waals surface area contributed by atoms with Crippen LogP contribution >= 0.6 is 0 Å². The molecule has 4 aromatic heterocycles. The number of pyridine rings is 2. The molecule has 170 valence electrons. The van der Waals surface area contributed by atoms with E-state index in [2.05, 4.69) is 20.3 Å². The van der Waals surface area contributed by atoms with Gasteiger partial charge in [-0.1, -0.05) is 6.07 Å². The Morgan fingerprint density at radius 3 is 2.88 bits per heavy atom. The molecule has 4 heterocycles. The van der Waals surface area contributed by atoms with E-state index < -0.39 is 0 Å². The molecule has 1 amide bonds. The zero-order chi connectivity index (χ0) is 23.5. The van der Waals surface area contributed by atoms with Crippen LogP contribution in [0.25, 0.3) is 27.9 Å². The topological polar surface area (TPSA) is 81.6 Å². The third-order valence-electron chi connectivity index (χ3n) is 5.83. The van der Waals surface area contributed by atoms with Crippen molar-refractivity contribution in [3.63, 3.8) is 0 Å². The molecule has 0 radical (unpaired) electrons. The molecule has 0 aliphatic heterocycles. The molecule has 0 atom stereocenters. The number of nitrogens with one attached hydrogen (secondary N) is 3. The molecule has 0 fully saturated rings. The first-order valence-corrected chi connectivity index (χ1v) is 11.1. The maximum absolute atomic E-state index is 13.8. The van der Waals surface area contributed by atoms with Crippen molar-refractivity contribution >= 4 is 11.4 Å². The minimum Gasteiger partial charge on any atom is -0.345 e. The first kappa shape index (κ1) is 21.5. The monoisotopic (exact) mass is 456 g/mol. The Morgan fingerprint density at radius 1 is 1.15 bits per heavy atom. The number of nitrogens with zero attached hydrogens (tertiary/aromatic N) is 3. The van der Waals surface area contributed by atoms with E-state index in [1.54, 1.807) is 19.2 Å². The molecular formula is C26H25FN6O+2. The van der Waals surface area contributed by atoms with Gasteiger partial charge in [0.1, 0.15) is 24.4 Å². The Labute approximate surface area is 196 Å². The second kappa shape index (κ2) is 9.27. The fourth-order valence-electron chi connectivity index (χ4n) is 4.05. The zero-order valence-electron chi connectivity index (χ0n) is 18.8. The predicted octanol–water partition coefficient (Wildman–Crippen LogP) is 3.37. The molecule has 3 N–H and O–H groups in total. The van der Waals surface area contributed by atoms with E-state index in [0.29, 0.717) is 17.9 Å². The molecule has 0 saturated carbocycles. The highest BCUT2D eigenvalue weighted by molar-refractivity contribution is 5.89. The second-order valence-corrected chi connectivity index (χ2v) is 8.17. The number of aryl methyl sites for hydroxylation is 2. The lowest BCUT2D eigenvalue weighted by Gasteiger charge is -2.10. The van der Waals surface area contributed by atoms with Crippen molar-refractivity contribution in [2.75, 3.05) is 6.54 Å². The summed E-state index contributed by atoms with van der Waals surface area (Å²) in [6.07, 6.45) is 12.0. The van der Waals surface area contributed by atoms with Crippen molar-refractivity contribution in [1.82, 2.24) is 20.3 Å². The molecule has 7 nitrogen and oxygen atoms in total. The highest BCUT2D eigenvalue weighted by Gasteiger charge is 2.21. The average Bonchev–Trinajstić information content (AvgIpc) is 3.53. The van der Waals surface area contributed by atoms with Crippen molar-refractivity contribution in [3.05, 3.63) is 97.0 Å². The van der Waals surface area contributed by atoms with Crippen LogP contribution in [0.1, 0.15) is 22.6 Å². The van der Waals surface area contributed by atoms with Gasteiger partial charge in [-0.05, 0) is 54.4 Å². The van der Waals surface area contributed by atoms with Crippen LogP contribution in [-0.2, 0) is 6.54 Å². The number of fused-ring (bicyclic) bond motifs is 1. The molecule has 0 spiro atoms. The molecule has 8 heteroatoms. The highest BCUT2D eigenvalue weighted by Crippen LogP contribution is 2.31. The Kier molecular flexibility index (Phi) is 5.86. The fraction of sp³-hybridized carbons (Fsp3) is 0.154. The van der Waals surface area contributed by atoms with Crippen LogP contribution in [0.5, 0.6) is 0 Å². The summed E-state index contributed by atoms with van der Waals surface area (Å²) in [5.41, 5.74) is 4.96. The summed E-state index contributed by atoms with van der Waals surface area (Å²) in [6, 6.07) is 12.9. The molecule has 0 aliphatic carbocycles. The lowest BCUT2D eigenvalue weighted by molar-refractivity contribution is -0.695. The summed E-state index contributed by atoms with van der Waals surface area (Å²) in [5, 5.41) is 2.97. The van der Waals surface area contributed by atoms with Gasteiger partial charge in [-0.2, -0.15) is 4.40 Å². The van der Waals surface area contributed by atoms with Crippen molar-refractivity contribution in [1.29, 1.82) is 0 Å². The van der Waals surface area contributed by atoms with E-state index >= 15 is 0 Å². The molecule has 0 bridgehead atoms. The maximum Gasteiger partial charge on any atom is 0.350 e. The van der Waals surface area contributed by atoms with E-state index in [1.165, 1.54) is 6.07 Å². The summed E-state index contributed by atoms with van der Waals surface area (Å²) in [5.74, 6) is 0.0764. The summed E-state index contributed by atoms with van der Waals surface area (Å²) in [6.45, 7) is 3.15. The molecule has 5 aromatic rings. The van der Waals surface area contributed by atoms with E-state index in [-0.39, 0.29) is 11.7 Å². The number of rotatable bonds is 7. The smallest absolute Gasteiger partial charge is 0.345 e. The lowest BCUT2D eigenvalue weighted by Crippen LogP contribution is -2.37. The average molecular weight is 457 g/mol. The van der Waals surface area contributed by atoms with Gasteiger partial charge in [-0.3, -0.25) is 14.8 Å². The third-order valence-corrected chi connectivity index (χ3v) is 5.83. The van der Waals surface area contributed by atoms with Crippen LogP contribution in [0, 0.1) is 12.7 Å². The molecule has 34 heavy (non-hydrogen) atoms. The number of aromatic nitrogens is 5. The normalized spacial score (nSPS) is 11.1. The van der Waals surface area contributed by atoms with Gasteiger partial charge in [0.15, 0.2) is 5.52 Å². The minimum absolute atomic E-state index is 0.157. The van der Waals surface area contributed by atoms with Gasteiger partial charge in [0.05, 0.1) is 18.4 Å². The van der Waals surface area contributed by atoms with Crippen LogP contribution in [0.2, 0.25) is 0 Å². The Morgan fingerprint density at radius 2 is 2.06 bits per heavy atom. The Bertz CT molecular complexity index is 1460. The summed E-state index contributed by atoms with van der Waals surface area (Å²) < 4.78 is 17.6. The van der Waals surface area contributed by atoms with Gasteiger partial charge in [0, 0.05) is 30.3 Å². The highest BCUT2D eigenvalue weighted by atomic mass is 19.1. The number of carbonyl (C=O) groups is 1. The van der Waals surface area contributed by atoms with Crippen molar-refractivity contribution in [2.45, 2.75) is 19.9 Å². The van der Waals surface area contributed by atoms with Gasteiger partial charge in [0.25, 0.3) is 0 Å². The first-order valence-electron chi connectivity index (χ1n) is 11.1. The van der Waals surface area contributed by atoms with Crippen LogP contribution in [-0.4, -0.2) is 27.4 Å². The summed E-state index contributed by atoms with van der Waals surface area (Å²) in [7, 11) is 0. The van der Waals surface area contributed by atoms with Crippen LogP contribution in [0.4, 0.5) is 4.39 Å². The van der Waals surface area contributed by atoms with E-state index in [9.17, 15) is 9.18 Å². The standard InChI is InChI=1S/C26H23FN6O/c1-18-14-20(5-6-23(18)27)24-22(4-2-8-29-24)19-7-12-33-21(15-19)16-31-25(33)26(34)30-9-3-11-32-13-10-28-17-32/h2,4-8,10,12-17H,3,9,11H2,1H3,(H,30,34)/p+2. The third kappa shape index (κ3) is 4.30. The quantitative estimate of drug-likeness (QED) is 0.259. The van der Waals surface area contributed by atoms with Gasteiger partial charge in [-0.15, -0.1) is 0 Å². The van der Waals surface area contributed by atoms with Crippen LogP contribution in [0.15, 0.2) is 79.8 Å². The van der Waals surface area contributed by atoms with E-state index in [0.717, 1.165) is 40.9 Å². The van der Waals surface area contributed by atoms with Crippen LogP contribution in [0.3, 0.4) is 0 Å². The number of carbonyl (C=O) groups excluding carboxylic acids is 1. The molecule has 0 saturated heterocycles. The van der Waals surface area contributed by atoms with Gasteiger partial charge in [-0.25, -0.2) is 13.9 Å². The summed E-state index contributed by atoms with van der Waals surface area (Å²) in [4.78, 5) is 23.4. The lowest BCUT2D eigenvalue weighted by atomic mass is 9.99. The van der Waals surface area contributed by atoms with Crippen molar-refractivity contribution in [3.8, 4) is 22.4 Å². The number of amides is 1. The maximum atomic E-state index is 13.8. The van der Waals surface area contributed by atoms with Crippen LogP contribution < -0.4 is 14.3 Å². The predicted molar refractivity (Wildman–Crippen MR) is 125 cm³/mol. The number of H-pyrrole nitrogens is 2. The number of halogens is 1. The van der Waals surface area contributed by atoms with Crippen molar-refractivity contribution < 1.29 is 18.2 Å². The second-order valence-electron chi connectivity index (χ2n) is 8.17. The molecule has 1 aromatic carbocycles. The van der Waals surface area contributed by atoms with Gasteiger partial charge >= 0.3 is 11.7 Å². The largest absolute Gasteiger partial charge is 0.350 e. The Balaban J connectivity index is 1.37. The Hall–Kier alpha value is -4.33. The fourth-order valence-corrected chi connectivity index (χ4v) is 4.05. The van der Waals surface area contributed by atoms with Crippen molar-refractivity contribution in [2.24, 2.45) is 0 Å². The van der Waals surface area contributed by atoms with Gasteiger partial charge < -0.3 is 5.32 Å². The van der Waals surface area contributed by atoms with E-state index in [4.69, 9.17) is 0 Å². The first-order chi connectivity index (χ1) is 16.6. The number of hydrogen-bond donors (Lipinski definition) is 3. The zero-order valence-corrected chi connectivity index (χ0v) is 18.8. The molecule has 0 aliphatic rings.